The molecular weight excluding hydrogens is 494 g/mol. The van der Waals surface area contributed by atoms with E-state index in [9.17, 15) is 0 Å². The van der Waals surface area contributed by atoms with Crippen molar-refractivity contribution in [1.82, 2.24) is 0 Å². The number of aryl methyl sites for hydroxylation is 3. The summed E-state index contributed by atoms with van der Waals surface area (Å²) in [6.45, 7) is 15.9. The largest absolute Gasteiger partial charge is 0.253 e. The predicted octanol–water partition coefficient (Wildman–Crippen LogP) is 12.4. The molecule has 0 spiro atoms. The van der Waals surface area contributed by atoms with Crippen molar-refractivity contribution in [3.63, 3.8) is 0 Å². The molecule has 0 radical (unpaired) electrons. The van der Waals surface area contributed by atoms with E-state index in [1.807, 2.05) is 0 Å². The molecule has 0 aliphatic heterocycles. The van der Waals surface area contributed by atoms with Crippen LogP contribution in [0.15, 0.2) is 65.2 Å². The van der Waals surface area contributed by atoms with E-state index in [2.05, 4.69) is 109 Å². The third-order valence-electron chi connectivity index (χ3n) is 8.50. The molecule has 0 fully saturated rings. The summed E-state index contributed by atoms with van der Waals surface area (Å²) in [7, 11) is 0. The van der Waals surface area contributed by atoms with Crippen molar-refractivity contribution in [2.24, 2.45) is 4.99 Å². The first kappa shape index (κ1) is 32.6. The molecule has 3 rings (SSSR count). The van der Waals surface area contributed by atoms with Crippen LogP contribution in [0.25, 0.3) is 17.2 Å². The molecule has 0 unspecified atom stereocenters. The van der Waals surface area contributed by atoms with Crippen LogP contribution >= 0.6 is 0 Å². The van der Waals surface area contributed by atoms with E-state index in [4.69, 9.17) is 4.99 Å². The van der Waals surface area contributed by atoms with Gasteiger partial charge in [0.05, 0.1) is 5.69 Å². The lowest BCUT2D eigenvalue weighted by molar-refractivity contribution is 0.607. The lowest BCUT2D eigenvalue weighted by Crippen LogP contribution is -2.01. The van der Waals surface area contributed by atoms with Gasteiger partial charge in [0.2, 0.25) is 0 Å². The molecule has 0 saturated heterocycles. The fourth-order valence-corrected chi connectivity index (χ4v) is 6.19. The van der Waals surface area contributed by atoms with Gasteiger partial charge < -0.3 is 0 Å². The fourth-order valence-electron chi connectivity index (χ4n) is 6.19. The number of hydrogen-bond acceptors (Lipinski definition) is 1. The van der Waals surface area contributed by atoms with Gasteiger partial charge >= 0.3 is 0 Å². The SMILES string of the molecule is CCCCCCCCc1c(C)cc(N=C(CC)C(C)=Cc2cc(C)c(CC)c(CCCC)c2)cc1-c1ccccc1. The quantitative estimate of drug-likeness (QED) is 0.124. The molecule has 0 saturated carbocycles. The molecule has 3 aromatic carbocycles. The summed E-state index contributed by atoms with van der Waals surface area (Å²) in [4.78, 5) is 5.27. The molecule has 0 heterocycles. The van der Waals surface area contributed by atoms with Crippen LogP contribution in [0.1, 0.15) is 126 Å². The molecule has 1 nitrogen and oxygen atoms in total. The van der Waals surface area contributed by atoms with Gasteiger partial charge in [-0.1, -0.05) is 115 Å². The Morgan fingerprint density at radius 1 is 0.707 bits per heavy atom. The summed E-state index contributed by atoms with van der Waals surface area (Å²) in [6, 6.07) is 20.3. The molecule has 41 heavy (non-hydrogen) atoms. The predicted molar refractivity (Wildman–Crippen MR) is 184 cm³/mol. The molecule has 0 aromatic heterocycles. The zero-order valence-electron chi connectivity index (χ0n) is 27.2. The minimum absolute atomic E-state index is 0.913. The van der Waals surface area contributed by atoms with Crippen LogP contribution in [0, 0.1) is 13.8 Å². The first-order valence-electron chi connectivity index (χ1n) is 16.5. The molecule has 0 atom stereocenters. The highest BCUT2D eigenvalue weighted by atomic mass is 14.7. The smallest absolute Gasteiger partial charge is 0.0642 e. The normalized spacial score (nSPS) is 12.3. The summed E-state index contributed by atoms with van der Waals surface area (Å²) in [6.07, 6.45) is 17.1. The van der Waals surface area contributed by atoms with Gasteiger partial charge in [0.1, 0.15) is 0 Å². The van der Waals surface area contributed by atoms with Gasteiger partial charge in [0, 0.05) is 5.71 Å². The van der Waals surface area contributed by atoms with Crippen molar-refractivity contribution in [2.75, 3.05) is 0 Å². The zero-order chi connectivity index (χ0) is 29.6. The number of allylic oxidation sites excluding steroid dienone is 1. The van der Waals surface area contributed by atoms with Crippen LogP contribution in [0.4, 0.5) is 5.69 Å². The molecule has 1 heteroatoms. The number of rotatable bonds is 16. The lowest BCUT2D eigenvalue weighted by atomic mass is 9.91. The van der Waals surface area contributed by atoms with Crippen molar-refractivity contribution < 1.29 is 0 Å². The highest BCUT2D eigenvalue weighted by Crippen LogP contribution is 2.33. The van der Waals surface area contributed by atoms with Gasteiger partial charge in [0.25, 0.3) is 0 Å². The maximum atomic E-state index is 5.27. The Morgan fingerprint density at radius 2 is 1.39 bits per heavy atom. The Balaban J connectivity index is 1.94. The van der Waals surface area contributed by atoms with E-state index >= 15 is 0 Å². The maximum absolute atomic E-state index is 5.27. The maximum Gasteiger partial charge on any atom is 0.0642 e. The van der Waals surface area contributed by atoms with E-state index in [1.54, 1.807) is 0 Å². The van der Waals surface area contributed by atoms with Gasteiger partial charge in [-0.2, -0.15) is 0 Å². The van der Waals surface area contributed by atoms with E-state index in [1.165, 1.54) is 114 Å². The third-order valence-corrected chi connectivity index (χ3v) is 8.50. The fraction of sp³-hybridized carbons (Fsp3) is 0.475. The van der Waals surface area contributed by atoms with E-state index < -0.39 is 0 Å². The van der Waals surface area contributed by atoms with Crippen molar-refractivity contribution in [2.45, 2.75) is 126 Å². The van der Waals surface area contributed by atoms with Crippen LogP contribution in [-0.4, -0.2) is 5.71 Å². The Hall–Kier alpha value is -2.93. The van der Waals surface area contributed by atoms with Crippen molar-refractivity contribution in [3.05, 3.63) is 93.6 Å². The summed E-state index contributed by atoms with van der Waals surface area (Å²) in [5.74, 6) is 0. The molecule has 0 N–H and O–H groups in total. The molecule has 220 valence electrons. The van der Waals surface area contributed by atoms with Crippen LogP contribution < -0.4 is 0 Å². The Bertz CT molecular complexity index is 1290. The summed E-state index contributed by atoms with van der Waals surface area (Å²) >= 11 is 0. The summed E-state index contributed by atoms with van der Waals surface area (Å²) < 4.78 is 0. The minimum Gasteiger partial charge on any atom is -0.253 e. The lowest BCUT2D eigenvalue weighted by Gasteiger charge is -2.16. The highest BCUT2D eigenvalue weighted by molar-refractivity contribution is 6.04. The number of hydrogen-bond donors (Lipinski definition) is 0. The van der Waals surface area contributed by atoms with Gasteiger partial charge in [-0.05, 0) is 122 Å². The number of benzene rings is 3. The van der Waals surface area contributed by atoms with Crippen LogP contribution in [0.5, 0.6) is 0 Å². The standard InChI is InChI=1S/C40H55N/c1-8-12-14-15-16-20-24-38-31(6)27-36(29-39(38)34-22-18-17-19-23-34)41-40(11-4)32(7)26-33-25-30(5)37(10-3)35(28-33)21-13-9-2/h17-19,22-23,25-29H,8-16,20-21,24H2,1-7H3. The van der Waals surface area contributed by atoms with Crippen LogP contribution in [0.2, 0.25) is 0 Å². The molecule has 0 amide bonds. The average Bonchev–Trinajstić information content (AvgIpc) is 2.97. The first-order valence-corrected chi connectivity index (χ1v) is 16.5. The van der Waals surface area contributed by atoms with E-state index in [-0.39, 0.29) is 0 Å². The molecule has 0 bridgehead atoms. The highest BCUT2D eigenvalue weighted by Gasteiger charge is 2.12. The van der Waals surface area contributed by atoms with Crippen molar-refractivity contribution >= 4 is 17.5 Å². The number of unbranched alkanes of at least 4 members (excludes halogenated alkanes) is 6. The summed E-state index contributed by atoms with van der Waals surface area (Å²) in [5.41, 5.74) is 14.8. The van der Waals surface area contributed by atoms with Crippen LogP contribution in [0.3, 0.4) is 0 Å². The molecule has 0 aliphatic rings. The second-order valence-corrected chi connectivity index (χ2v) is 11.8. The Morgan fingerprint density at radius 3 is 2.07 bits per heavy atom. The van der Waals surface area contributed by atoms with Crippen molar-refractivity contribution in [3.8, 4) is 11.1 Å². The number of aliphatic imine (C=N–C) groups is 1. The second-order valence-electron chi connectivity index (χ2n) is 11.8. The van der Waals surface area contributed by atoms with Crippen LogP contribution in [-0.2, 0) is 19.3 Å². The number of nitrogens with zero attached hydrogens (tertiary/aromatic N) is 1. The first-order chi connectivity index (χ1) is 19.9. The van der Waals surface area contributed by atoms with Gasteiger partial charge in [-0.15, -0.1) is 0 Å². The topological polar surface area (TPSA) is 12.4 Å². The monoisotopic (exact) mass is 549 g/mol. The molecular formula is C40H55N. The van der Waals surface area contributed by atoms with Gasteiger partial charge in [-0.3, -0.25) is 4.99 Å². The second kappa shape index (κ2) is 17.1. The zero-order valence-corrected chi connectivity index (χ0v) is 27.2. The Labute approximate surface area is 252 Å². The molecule has 0 aliphatic carbocycles. The Kier molecular flexibility index (Phi) is 13.6. The van der Waals surface area contributed by atoms with Gasteiger partial charge in [-0.25, -0.2) is 0 Å². The third kappa shape index (κ3) is 9.56. The minimum atomic E-state index is 0.913. The van der Waals surface area contributed by atoms with Crippen molar-refractivity contribution in [1.29, 1.82) is 0 Å². The van der Waals surface area contributed by atoms with Gasteiger partial charge in [0.15, 0.2) is 0 Å². The van der Waals surface area contributed by atoms with E-state index in [0.29, 0.717) is 0 Å². The molecule has 3 aromatic rings. The average molecular weight is 550 g/mol. The van der Waals surface area contributed by atoms with E-state index in [0.717, 1.165) is 24.9 Å². The summed E-state index contributed by atoms with van der Waals surface area (Å²) in [5, 5.41) is 0.